The van der Waals surface area contributed by atoms with E-state index < -0.39 is 86.4 Å². The van der Waals surface area contributed by atoms with Crippen molar-refractivity contribution in [2.24, 2.45) is 5.14 Å². The zero-order valence-electron chi connectivity index (χ0n) is 34.7. The molecule has 3 aromatic carbocycles. The number of sulfonamides is 1. The van der Waals surface area contributed by atoms with Crippen molar-refractivity contribution in [1.29, 1.82) is 0 Å². The monoisotopic (exact) mass is 983 g/mol. The minimum absolute atomic E-state index is 0.0404. The van der Waals surface area contributed by atoms with Crippen LogP contribution in [-0.4, -0.2) is 111 Å². The molecule has 4 aromatic rings. The summed E-state index contributed by atoms with van der Waals surface area (Å²) in [7, 11) is -4.11. The number of nitrogens with one attached hydrogen (secondary N) is 6. The first-order chi connectivity index (χ1) is 31.7. The van der Waals surface area contributed by atoms with Gasteiger partial charge in [-0.2, -0.15) is 0 Å². The number of benzene rings is 3. The summed E-state index contributed by atoms with van der Waals surface area (Å²) < 4.78 is 34.1. The Kier molecular flexibility index (Phi) is 15.2. The van der Waals surface area contributed by atoms with Gasteiger partial charge in [0.15, 0.2) is 10.7 Å². The van der Waals surface area contributed by atoms with Gasteiger partial charge in [-0.15, -0.1) is 10.2 Å². The number of hydrogen-bond acceptors (Lipinski definition) is 17. The molecule has 67 heavy (non-hydrogen) atoms. The van der Waals surface area contributed by atoms with E-state index in [0.29, 0.717) is 40.1 Å². The molecule has 27 heteroatoms. The molecule has 0 unspecified atom stereocenters. The molecule has 24 nitrogen and oxygen atoms in total. The Balaban J connectivity index is 0.907. The number of nitrogens with two attached hydrogens (primary N) is 1. The number of rotatable bonds is 20. The fraction of sp³-hybridized carbons (Fsp3) is 0.300. The molecule has 3 heterocycles. The van der Waals surface area contributed by atoms with Crippen LogP contribution in [0.3, 0.4) is 0 Å². The molecule has 2 aliphatic rings. The number of carboxylic acids is 2. The lowest BCUT2D eigenvalue weighted by molar-refractivity contribution is -0.144. The smallest absolute Gasteiger partial charge is 0.340 e. The number of primary sulfonamides is 1. The van der Waals surface area contributed by atoms with Gasteiger partial charge in [0.1, 0.15) is 35.1 Å². The van der Waals surface area contributed by atoms with Crippen LogP contribution in [-0.2, 0) is 49.1 Å². The number of fused-ring (bicyclic) bond motifs is 6. The van der Waals surface area contributed by atoms with Crippen LogP contribution in [0.15, 0.2) is 58.9 Å². The molecule has 12 N–H and O–H groups in total. The standard InChI is InChI=1S/C40H41N9O15S3/c41-67(61,62)39-49-48-38(66-39)47-31(53)11-10-30(52)42-14-12-32(54)46-27(35(58)59)18-33(55)45-26(34(56)57)3-1-2-13-43-37(65)44-19-4-7-23-22(15-19)36(60)64-40(23)24-8-5-20(50)16-28(24)63-29-17-21(51)6-9-25(29)40/h4-9,15-17,26-27,50-51H,1-3,10-14,18H2,(H,42,52)(H,45,55)(H,46,54)(H,56,57)(H,58,59)(H2,41,61,62)(H2,43,44,65)(H,47,48,53)/t26-,27-/m0/s1. The summed E-state index contributed by atoms with van der Waals surface area (Å²) in [5.74, 6) is -6.42. The second-order valence-electron chi connectivity index (χ2n) is 14.9. The van der Waals surface area contributed by atoms with Crippen molar-refractivity contribution >= 4 is 91.0 Å². The van der Waals surface area contributed by atoms with Crippen LogP contribution < -0.4 is 41.8 Å². The van der Waals surface area contributed by atoms with Gasteiger partial charge < -0.3 is 61.8 Å². The van der Waals surface area contributed by atoms with Crippen molar-refractivity contribution in [2.75, 3.05) is 23.7 Å². The minimum Gasteiger partial charge on any atom is -0.508 e. The summed E-state index contributed by atoms with van der Waals surface area (Å²) in [4.78, 5) is 86.5. The van der Waals surface area contributed by atoms with Gasteiger partial charge in [0, 0.05) is 66.9 Å². The van der Waals surface area contributed by atoms with Crippen LogP contribution in [0.5, 0.6) is 23.0 Å². The normalized spacial score (nSPS) is 13.8. The molecule has 0 bridgehead atoms. The number of aromatic hydroxyl groups is 2. The van der Waals surface area contributed by atoms with Gasteiger partial charge in [-0.05, 0) is 67.9 Å². The number of esters is 1. The largest absolute Gasteiger partial charge is 0.508 e. The van der Waals surface area contributed by atoms with Gasteiger partial charge >= 0.3 is 17.9 Å². The highest BCUT2D eigenvalue weighted by atomic mass is 32.2. The Morgan fingerprint density at radius 1 is 0.746 bits per heavy atom. The number of phenolic OH excluding ortho intramolecular Hbond substituents is 2. The molecule has 1 spiro atoms. The van der Waals surface area contributed by atoms with Crippen molar-refractivity contribution in [2.45, 2.75) is 67.0 Å². The van der Waals surface area contributed by atoms with Crippen LogP contribution in [0.4, 0.5) is 10.8 Å². The quantitative estimate of drug-likeness (QED) is 0.0255. The van der Waals surface area contributed by atoms with Crippen molar-refractivity contribution in [1.82, 2.24) is 31.5 Å². The van der Waals surface area contributed by atoms with Gasteiger partial charge in [0.05, 0.1) is 12.0 Å². The first-order valence-electron chi connectivity index (χ1n) is 20.0. The Hall–Kier alpha value is -7.49. The molecule has 0 saturated carbocycles. The highest BCUT2D eigenvalue weighted by molar-refractivity contribution is 7.91. The van der Waals surface area contributed by atoms with Crippen molar-refractivity contribution < 1.29 is 71.9 Å². The van der Waals surface area contributed by atoms with E-state index in [1.807, 2.05) is 0 Å². The van der Waals surface area contributed by atoms with Crippen LogP contribution >= 0.6 is 23.6 Å². The van der Waals surface area contributed by atoms with E-state index >= 15 is 0 Å². The maximum Gasteiger partial charge on any atom is 0.340 e. The maximum atomic E-state index is 13.4. The lowest BCUT2D eigenvalue weighted by Gasteiger charge is -2.36. The van der Waals surface area contributed by atoms with E-state index in [2.05, 4.69) is 42.1 Å². The number of carbonyl (C=O) groups excluding carboxylic acids is 5. The summed E-state index contributed by atoms with van der Waals surface area (Å²) in [6.07, 6.45) is -1.25. The molecular formula is C40H41N9O15S3. The van der Waals surface area contributed by atoms with E-state index in [1.54, 1.807) is 30.3 Å². The van der Waals surface area contributed by atoms with Crippen LogP contribution in [0.2, 0.25) is 0 Å². The number of anilines is 2. The third-order valence-electron chi connectivity index (χ3n) is 10.0. The molecule has 0 saturated heterocycles. The third-order valence-corrected chi connectivity index (χ3v) is 12.4. The van der Waals surface area contributed by atoms with E-state index in [4.69, 9.17) is 26.8 Å². The van der Waals surface area contributed by atoms with E-state index in [-0.39, 0.29) is 77.6 Å². The number of amides is 4. The Bertz CT molecular complexity index is 2720. The van der Waals surface area contributed by atoms with Gasteiger partial charge in [-0.3, -0.25) is 19.2 Å². The second kappa shape index (κ2) is 20.8. The summed E-state index contributed by atoms with van der Waals surface area (Å²) in [6.45, 7) is 0.0142. The van der Waals surface area contributed by atoms with Crippen LogP contribution in [0.1, 0.15) is 72.0 Å². The Morgan fingerprint density at radius 3 is 2.00 bits per heavy atom. The number of carboxylic acid groups (broad SMARTS) is 2. The number of carbonyl (C=O) groups is 7. The van der Waals surface area contributed by atoms with Crippen LogP contribution in [0, 0.1) is 0 Å². The zero-order valence-corrected chi connectivity index (χ0v) is 37.1. The molecule has 354 valence electrons. The Morgan fingerprint density at radius 2 is 1.37 bits per heavy atom. The maximum absolute atomic E-state index is 13.4. The molecule has 6 rings (SSSR count). The average Bonchev–Trinajstić information content (AvgIpc) is 3.84. The zero-order chi connectivity index (χ0) is 48.6. The van der Waals surface area contributed by atoms with Gasteiger partial charge in [-0.25, -0.2) is 27.9 Å². The third kappa shape index (κ3) is 12.1. The topological polar surface area (TPSA) is 377 Å². The van der Waals surface area contributed by atoms with Crippen LogP contribution in [0.25, 0.3) is 0 Å². The predicted octanol–water partition coefficient (Wildman–Crippen LogP) is 1.08. The summed E-state index contributed by atoms with van der Waals surface area (Å²) in [6, 6.07) is 10.7. The number of aromatic nitrogens is 2. The van der Waals surface area contributed by atoms with Gasteiger partial charge in [-0.1, -0.05) is 17.4 Å². The number of thiocarbonyl (C=S) groups is 1. The SMILES string of the molecule is NS(=O)(=O)c1nnc(NC(=O)CCC(=O)NCCC(=O)N[C@@H](CC(=O)N[C@@H](CCCCNC(=S)Nc2ccc3c(c2)C(=O)OC32c3ccc(O)cc3Oc3cc(O)ccc32)C(=O)O)C(=O)O)s1. The highest BCUT2D eigenvalue weighted by Crippen LogP contribution is 2.57. The molecular weight excluding hydrogens is 943 g/mol. The minimum atomic E-state index is -4.11. The molecule has 2 atom stereocenters. The second-order valence-corrected chi connectivity index (χ2v) is 18.0. The number of unbranched alkanes of at least 4 members (excludes halogenated alkanes) is 1. The molecule has 0 aliphatic carbocycles. The van der Waals surface area contributed by atoms with E-state index in [9.17, 15) is 62.4 Å². The summed E-state index contributed by atoms with van der Waals surface area (Å²) >= 11 is 5.94. The van der Waals surface area contributed by atoms with Crippen molar-refractivity contribution in [3.8, 4) is 23.0 Å². The fourth-order valence-electron chi connectivity index (χ4n) is 6.98. The summed E-state index contributed by atoms with van der Waals surface area (Å²) in [5.41, 5.74) is 0.647. The number of ether oxygens (including phenoxy) is 2. The Labute approximate surface area is 388 Å². The van der Waals surface area contributed by atoms with E-state index in [1.165, 1.54) is 24.3 Å². The first kappa shape index (κ1) is 49.0. The molecule has 2 aliphatic heterocycles. The highest BCUT2D eigenvalue weighted by Gasteiger charge is 2.53. The van der Waals surface area contributed by atoms with Crippen molar-refractivity contribution in [3.05, 3.63) is 76.9 Å². The lowest BCUT2D eigenvalue weighted by atomic mass is 9.77. The predicted molar refractivity (Wildman–Crippen MR) is 237 cm³/mol. The fourth-order valence-corrected chi connectivity index (χ4v) is 8.55. The van der Waals surface area contributed by atoms with Gasteiger partial charge in [0.2, 0.25) is 33.1 Å². The molecule has 1 aromatic heterocycles. The van der Waals surface area contributed by atoms with Crippen molar-refractivity contribution in [3.63, 3.8) is 0 Å². The lowest BCUT2D eigenvalue weighted by Crippen LogP contribution is -2.47. The molecule has 0 radical (unpaired) electrons. The number of aliphatic carboxylic acids is 2. The average molecular weight is 984 g/mol. The molecule has 0 fully saturated rings. The number of hydrogen-bond donors (Lipinski definition) is 11. The first-order valence-corrected chi connectivity index (χ1v) is 22.8. The van der Waals surface area contributed by atoms with E-state index in [0.717, 1.165) is 0 Å². The summed E-state index contributed by atoms with van der Waals surface area (Å²) in [5, 5.41) is 66.4. The van der Waals surface area contributed by atoms with Gasteiger partial charge in [0.25, 0.3) is 10.0 Å². The number of nitrogens with zero attached hydrogens (tertiary/aromatic N) is 2. The molecule has 4 amide bonds. The number of phenols is 2.